The third-order valence-corrected chi connectivity index (χ3v) is 5.81. The van der Waals surface area contributed by atoms with Crippen LogP contribution in [0.5, 0.6) is 0 Å². The molecule has 1 saturated heterocycles. The minimum atomic E-state index is -1.25. The van der Waals surface area contributed by atoms with Crippen LogP contribution in [0.15, 0.2) is 60.8 Å². The lowest BCUT2D eigenvalue weighted by molar-refractivity contribution is -0.109. The molecule has 2 heterocycles. The van der Waals surface area contributed by atoms with Crippen LogP contribution in [0.1, 0.15) is 22.8 Å². The first kappa shape index (κ1) is 20.6. The third-order valence-electron chi connectivity index (χ3n) is 5.81. The summed E-state index contributed by atoms with van der Waals surface area (Å²) in [6.07, 6.45) is -1.63. The predicted octanol–water partition coefficient (Wildman–Crippen LogP) is 0.862. The minimum absolute atomic E-state index is 0.131. The Labute approximate surface area is 175 Å². The number of rotatable bonds is 5. The van der Waals surface area contributed by atoms with Crippen LogP contribution >= 0.6 is 0 Å². The minimum Gasteiger partial charge on any atom is -0.389 e. The zero-order chi connectivity index (χ0) is 21.3. The molecule has 0 saturated carbocycles. The normalized spacial score (nSPS) is 26.6. The van der Waals surface area contributed by atoms with E-state index >= 15 is 0 Å². The van der Waals surface area contributed by atoms with Gasteiger partial charge in [-0.15, -0.1) is 0 Å². The summed E-state index contributed by atoms with van der Waals surface area (Å²) in [5.74, 6) is -0.250. The Morgan fingerprint density at radius 3 is 2.47 bits per heavy atom. The summed E-state index contributed by atoms with van der Waals surface area (Å²) in [5, 5.41) is 36.8. The molecule has 1 amide bonds. The number of hydrogen-bond acceptors (Lipinski definition) is 5. The van der Waals surface area contributed by atoms with Crippen LogP contribution in [0.2, 0.25) is 0 Å². The SMILES string of the molecule is C[C@@H]1N[C@H](CNC(=O)c2cn(Cc3ccccc3)c3ccccc23)[C@@H](O)[C@H](O)[C@@H]1O. The van der Waals surface area contributed by atoms with E-state index in [0.29, 0.717) is 12.1 Å². The summed E-state index contributed by atoms with van der Waals surface area (Å²) in [5.41, 5.74) is 2.66. The lowest BCUT2D eigenvalue weighted by Gasteiger charge is -2.40. The highest BCUT2D eigenvalue weighted by Gasteiger charge is 2.40. The molecule has 1 aliphatic rings. The topological polar surface area (TPSA) is 107 Å². The van der Waals surface area contributed by atoms with Gasteiger partial charge < -0.3 is 30.5 Å². The third kappa shape index (κ3) is 3.97. The molecule has 5 atom stereocenters. The quantitative estimate of drug-likeness (QED) is 0.430. The van der Waals surface area contributed by atoms with Gasteiger partial charge in [0.15, 0.2) is 0 Å². The number of fused-ring (bicyclic) bond motifs is 1. The van der Waals surface area contributed by atoms with Gasteiger partial charge in [-0.3, -0.25) is 4.79 Å². The van der Waals surface area contributed by atoms with Crippen molar-refractivity contribution in [3.05, 3.63) is 71.9 Å². The molecule has 0 radical (unpaired) electrons. The summed E-state index contributed by atoms with van der Waals surface area (Å²) in [4.78, 5) is 13.0. The van der Waals surface area contributed by atoms with Crippen LogP contribution < -0.4 is 10.6 Å². The van der Waals surface area contributed by atoms with Crippen LogP contribution in [0.4, 0.5) is 0 Å². The zero-order valence-corrected chi connectivity index (χ0v) is 16.8. The van der Waals surface area contributed by atoms with Gasteiger partial charge >= 0.3 is 0 Å². The molecule has 1 fully saturated rings. The molecular weight excluding hydrogens is 382 g/mol. The monoisotopic (exact) mass is 409 g/mol. The van der Waals surface area contributed by atoms with E-state index in [0.717, 1.165) is 16.5 Å². The first-order valence-corrected chi connectivity index (χ1v) is 10.2. The van der Waals surface area contributed by atoms with Crippen molar-refractivity contribution >= 4 is 16.8 Å². The van der Waals surface area contributed by atoms with Gasteiger partial charge in [-0.25, -0.2) is 0 Å². The lowest BCUT2D eigenvalue weighted by Crippen LogP contribution is -2.66. The summed E-state index contributed by atoms with van der Waals surface area (Å²) in [6, 6.07) is 16.9. The highest BCUT2D eigenvalue weighted by Crippen LogP contribution is 2.23. The average Bonchev–Trinajstić information content (AvgIpc) is 3.13. The highest BCUT2D eigenvalue weighted by molar-refractivity contribution is 6.07. The molecule has 4 rings (SSSR count). The van der Waals surface area contributed by atoms with E-state index in [1.54, 1.807) is 6.92 Å². The molecule has 2 aromatic carbocycles. The molecule has 0 spiro atoms. The molecule has 0 bridgehead atoms. The van der Waals surface area contributed by atoms with Crippen molar-refractivity contribution in [1.29, 1.82) is 0 Å². The number of nitrogens with one attached hydrogen (secondary N) is 2. The van der Waals surface area contributed by atoms with Crippen LogP contribution in [-0.4, -0.2) is 62.7 Å². The van der Waals surface area contributed by atoms with E-state index in [1.165, 1.54) is 0 Å². The zero-order valence-electron chi connectivity index (χ0n) is 16.8. The van der Waals surface area contributed by atoms with E-state index in [1.807, 2.05) is 60.8 Å². The van der Waals surface area contributed by atoms with E-state index in [-0.39, 0.29) is 12.5 Å². The molecule has 1 aromatic heterocycles. The van der Waals surface area contributed by atoms with Gasteiger partial charge in [0, 0.05) is 36.2 Å². The molecular formula is C23H27N3O4. The second kappa shape index (κ2) is 8.57. The van der Waals surface area contributed by atoms with Gasteiger partial charge in [-0.05, 0) is 18.6 Å². The first-order chi connectivity index (χ1) is 14.5. The largest absolute Gasteiger partial charge is 0.389 e. The van der Waals surface area contributed by atoms with Crippen molar-refractivity contribution in [2.24, 2.45) is 0 Å². The van der Waals surface area contributed by atoms with Gasteiger partial charge in [0.1, 0.15) is 6.10 Å². The Kier molecular flexibility index (Phi) is 5.87. The van der Waals surface area contributed by atoms with Gasteiger partial charge in [-0.1, -0.05) is 48.5 Å². The number of carbonyl (C=O) groups is 1. The Morgan fingerprint density at radius 1 is 1.00 bits per heavy atom. The molecule has 30 heavy (non-hydrogen) atoms. The van der Waals surface area contributed by atoms with E-state index in [2.05, 4.69) is 15.2 Å². The van der Waals surface area contributed by atoms with Crippen LogP contribution in [0.3, 0.4) is 0 Å². The maximum absolute atomic E-state index is 13.0. The van der Waals surface area contributed by atoms with Crippen molar-refractivity contribution in [3.63, 3.8) is 0 Å². The molecule has 7 heteroatoms. The van der Waals surface area contributed by atoms with Gasteiger partial charge in [0.05, 0.1) is 23.8 Å². The molecule has 3 aromatic rings. The molecule has 158 valence electrons. The number of amides is 1. The number of aliphatic hydroxyl groups is 3. The van der Waals surface area contributed by atoms with E-state index in [9.17, 15) is 20.1 Å². The fourth-order valence-corrected chi connectivity index (χ4v) is 4.09. The van der Waals surface area contributed by atoms with Crippen molar-refractivity contribution < 1.29 is 20.1 Å². The van der Waals surface area contributed by atoms with Crippen molar-refractivity contribution in [2.75, 3.05) is 6.54 Å². The van der Waals surface area contributed by atoms with Gasteiger partial charge in [0.2, 0.25) is 0 Å². The smallest absolute Gasteiger partial charge is 0.253 e. The van der Waals surface area contributed by atoms with Crippen molar-refractivity contribution in [3.8, 4) is 0 Å². The molecule has 0 unspecified atom stereocenters. The summed E-state index contributed by atoms with van der Waals surface area (Å²) >= 11 is 0. The Balaban J connectivity index is 1.52. The molecule has 0 aliphatic carbocycles. The van der Waals surface area contributed by atoms with Crippen LogP contribution in [0.25, 0.3) is 10.9 Å². The number of nitrogens with zero attached hydrogens (tertiary/aromatic N) is 1. The number of piperidine rings is 1. The first-order valence-electron chi connectivity index (χ1n) is 10.2. The fraction of sp³-hybridized carbons (Fsp3) is 0.348. The number of para-hydroxylation sites is 1. The van der Waals surface area contributed by atoms with Gasteiger partial charge in [0.25, 0.3) is 5.91 Å². The number of benzene rings is 2. The number of carbonyl (C=O) groups excluding carboxylic acids is 1. The number of aromatic nitrogens is 1. The second-order valence-corrected chi connectivity index (χ2v) is 7.92. The Hall–Kier alpha value is -2.71. The maximum Gasteiger partial charge on any atom is 0.253 e. The van der Waals surface area contributed by atoms with E-state index < -0.39 is 30.4 Å². The van der Waals surface area contributed by atoms with Gasteiger partial charge in [-0.2, -0.15) is 0 Å². The maximum atomic E-state index is 13.0. The number of hydrogen-bond donors (Lipinski definition) is 5. The van der Waals surface area contributed by atoms with Crippen molar-refractivity contribution in [2.45, 2.75) is 43.9 Å². The molecule has 7 nitrogen and oxygen atoms in total. The predicted molar refractivity (Wildman–Crippen MR) is 114 cm³/mol. The molecule has 1 aliphatic heterocycles. The molecule has 5 N–H and O–H groups in total. The summed E-state index contributed by atoms with van der Waals surface area (Å²) in [6.45, 7) is 2.51. The fourth-order valence-electron chi connectivity index (χ4n) is 4.09. The second-order valence-electron chi connectivity index (χ2n) is 7.92. The highest BCUT2D eigenvalue weighted by atomic mass is 16.4. The van der Waals surface area contributed by atoms with Crippen molar-refractivity contribution in [1.82, 2.24) is 15.2 Å². The Morgan fingerprint density at radius 2 is 1.70 bits per heavy atom. The standard InChI is InChI=1S/C23H27N3O4/c1-14-20(27)22(29)21(28)18(25-14)11-24-23(30)17-13-26(12-15-7-3-2-4-8-15)19-10-6-5-9-16(17)19/h2-10,13-14,18,20-22,25,27-29H,11-12H2,1H3,(H,24,30)/t14-,18+,20+,21+,22+/m0/s1. The van der Waals surface area contributed by atoms with E-state index in [4.69, 9.17) is 0 Å². The summed E-state index contributed by atoms with van der Waals surface area (Å²) < 4.78 is 2.05. The number of aliphatic hydroxyl groups excluding tert-OH is 3. The average molecular weight is 409 g/mol. The van der Waals surface area contributed by atoms with Crippen LogP contribution in [0, 0.1) is 0 Å². The lowest BCUT2D eigenvalue weighted by atomic mass is 9.91. The Bertz CT molecular complexity index is 1020. The summed E-state index contributed by atoms with van der Waals surface area (Å²) in [7, 11) is 0. The van der Waals surface area contributed by atoms with Crippen LogP contribution in [-0.2, 0) is 6.54 Å².